The molecule has 0 spiro atoms. The summed E-state index contributed by atoms with van der Waals surface area (Å²) in [6.45, 7) is 0.717. The van der Waals surface area contributed by atoms with Crippen LogP contribution in [0.2, 0.25) is 10.0 Å². The molecule has 0 atom stereocenters. The fraction of sp³-hybridized carbons (Fsp3) is 0.0769. The number of nitrogens with one attached hydrogen (secondary N) is 1. The SMILES string of the molecule is Clc1c(Br)ccc(NCc2ccc(I)cc2)c1Cl. The van der Waals surface area contributed by atoms with E-state index in [4.69, 9.17) is 23.2 Å². The first-order chi connectivity index (χ1) is 8.58. The van der Waals surface area contributed by atoms with Gasteiger partial charge < -0.3 is 5.32 Å². The van der Waals surface area contributed by atoms with Gasteiger partial charge in [0.1, 0.15) is 0 Å². The standard InChI is InChI=1S/C13H9BrCl2IN/c14-10-5-6-11(13(16)12(10)15)18-7-8-1-3-9(17)4-2-8/h1-6,18H,7H2. The van der Waals surface area contributed by atoms with Gasteiger partial charge in [0.2, 0.25) is 0 Å². The van der Waals surface area contributed by atoms with Gasteiger partial charge in [-0.25, -0.2) is 0 Å². The number of halogens is 4. The second-order valence-electron chi connectivity index (χ2n) is 3.70. The van der Waals surface area contributed by atoms with Crippen LogP contribution in [0, 0.1) is 3.57 Å². The Hall–Kier alpha value is 0.0300. The van der Waals surface area contributed by atoms with E-state index in [-0.39, 0.29) is 0 Å². The minimum absolute atomic E-state index is 0.532. The largest absolute Gasteiger partial charge is 0.380 e. The van der Waals surface area contributed by atoms with E-state index in [1.54, 1.807) is 0 Å². The van der Waals surface area contributed by atoms with Crippen LogP contribution in [0.3, 0.4) is 0 Å². The third-order valence-electron chi connectivity index (χ3n) is 2.43. The Morgan fingerprint density at radius 1 is 1.00 bits per heavy atom. The molecule has 0 amide bonds. The zero-order chi connectivity index (χ0) is 13.1. The minimum atomic E-state index is 0.532. The molecule has 2 rings (SSSR count). The van der Waals surface area contributed by atoms with Gasteiger partial charge >= 0.3 is 0 Å². The molecule has 0 heterocycles. The highest BCUT2D eigenvalue weighted by molar-refractivity contribution is 14.1. The molecule has 2 aromatic rings. The number of hydrogen-bond donors (Lipinski definition) is 1. The van der Waals surface area contributed by atoms with Gasteiger partial charge in [-0.3, -0.25) is 0 Å². The summed E-state index contributed by atoms with van der Waals surface area (Å²) in [5, 5.41) is 4.35. The maximum absolute atomic E-state index is 6.16. The lowest BCUT2D eigenvalue weighted by Gasteiger charge is -2.10. The number of rotatable bonds is 3. The summed E-state index contributed by atoms with van der Waals surface area (Å²) >= 11 is 17.9. The van der Waals surface area contributed by atoms with Gasteiger partial charge in [0.05, 0.1) is 15.7 Å². The van der Waals surface area contributed by atoms with Gasteiger partial charge in [-0.15, -0.1) is 0 Å². The normalized spacial score (nSPS) is 10.4. The molecule has 0 saturated carbocycles. The topological polar surface area (TPSA) is 12.0 Å². The molecule has 94 valence electrons. The molecule has 0 bridgehead atoms. The van der Waals surface area contributed by atoms with Crippen molar-refractivity contribution in [1.29, 1.82) is 0 Å². The second kappa shape index (κ2) is 6.46. The van der Waals surface area contributed by atoms with E-state index in [0.29, 0.717) is 16.6 Å². The molecule has 0 saturated heterocycles. The summed E-state index contributed by atoms with van der Waals surface area (Å²) in [5.41, 5.74) is 2.04. The Balaban J connectivity index is 2.11. The molecule has 0 aromatic heterocycles. The van der Waals surface area contributed by atoms with Crippen molar-refractivity contribution < 1.29 is 0 Å². The molecule has 0 aliphatic carbocycles. The molecule has 0 aliphatic heterocycles. The Kier molecular flexibility index (Phi) is 5.18. The fourth-order valence-corrected chi connectivity index (χ4v) is 2.66. The van der Waals surface area contributed by atoms with Gasteiger partial charge in [0.25, 0.3) is 0 Å². The van der Waals surface area contributed by atoms with E-state index >= 15 is 0 Å². The van der Waals surface area contributed by atoms with Gasteiger partial charge in [-0.2, -0.15) is 0 Å². The smallest absolute Gasteiger partial charge is 0.0835 e. The van der Waals surface area contributed by atoms with E-state index in [9.17, 15) is 0 Å². The van der Waals surface area contributed by atoms with E-state index in [1.807, 2.05) is 12.1 Å². The van der Waals surface area contributed by atoms with Crippen LogP contribution < -0.4 is 5.32 Å². The van der Waals surface area contributed by atoms with Crippen LogP contribution in [-0.4, -0.2) is 0 Å². The predicted octanol–water partition coefficient (Wildman–Crippen LogP) is 5.97. The van der Waals surface area contributed by atoms with Crippen molar-refractivity contribution in [1.82, 2.24) is 0 Å². The van der Waals surface area contributed by atoms with Crippen molar-refractivity contribution in [2.45, 2.75) is 6.54 Å². The van der Waals surface area contributed by atoms with Gasteiger partial charge in [0.15, 0.2) is 0 Å². The molecule has 0 aliphatic rings. The predicted molar refractivity (Wildman–Crippen MR) is 90.6 cm³/mol. The third-order valence-corrected chi connectivity index (χ3v) is 4.92. The zero-order valence-corrected chi connectivity index (χ0v) is 14.4. The first-order valence-electron chi connectivity index (χ1n) is 5.20. The summed E-state index contributed by atoms with van der Waals surface area (Å²) in [6, 6.07) is 12.1. The Labute approximate surface area is 138 Å². The monoisotopic (exact) mass is 455 g/mol. The highest BCUT2D eigenvalue weighted by Gasteiger charge is 2.07. The Morgan fingerprint density at radius 3 is 2.33 bits per heavy atom. The van der Waals surface area contributed by atoms with Crippen molar-refractivity contribution in [2.24, 2.45) is 0 Å². The Morgan fingerprint density at radius 2 is 1.67 bits per heavy atom. The van der Waals surface area contributed by atoms with Crippen molar-refractivity contribution in [3.05, 3.63) is 60.0 Å². The van der Waals surface area contributed by atoms with Gasteiger partial charge in [-0.1, -0.05) is 35.3 Å². The maximum atomic E-state index is 6.16. The molecular formula is C13H9BrCl2IN. The second-order valence-corrected chi connectivity index (χ2v) is 6.56. The molecule has 0 unspecified atom stereocenters. The van der Waals surface area contributed by atoms with Crippen LogP contribution in [-0.2, 0) is 6.54 Å². The zero-order valence-electron chi connectivity index (χ0n) is 9.18. The van der Waals surface area contributed by atoms with Crippen LogP contribution in [0.4, 0.5) is 5.69 Å². The van der Waals surface area contributed by atoms with Crippen LogP contribution in [0.1, 0.15) is 5.56 Å². The summed E-state index contributed by atoms with van der Waals surface area (Å²) < 4.78 is 2.02. The van der Waals surface area contributed by atoms with Crippen molar-refractivity contribution >= 4 is 67.4 Å². The first-order valence-corrected chi connectivity index (χ1v) is 7.82. The van der Waals surface area contributed by atoms with E-state index in [2.05, 4.69) is 68.1 Å². The van der Waals surface area contributed by atoms with Crippen LogP contribution in [0.15, 0.2) is 40.9 Å². The van der Waals surface area contributed by atoms with Gasteiger partial charge in [0, 0.05) is 14.6 Å². The maximum Gasteiger partial charge on any atom is 0.0835 e. The highest BCUT2D eigenvalue weighted by Crippen LogP contribution is 2.35. The third kappa shape index (κ3) is 3.53. The summed E-state index contributed by atoms with van der Waals surface area (Å²) in [5.74, 6) is 0. The van der Waals surface area contributed by atoms with Crippen LogP contribution in [0.25, 0.3) is 0 Å². The quantitative estimate of drug-likeness (QED) is 0.443. The molecule has 1 N–H and O–H groups in total. The lowest BCUT2D eigenvalue weighted by atomic mass is 10.2. The highest BCUT2D eigenvalue weighted by atomic mass is 127. The lowest BCUT2D eigenvalue weighted by molar-refractivity contribution is 1.15. The molecule has 0 fully saturated rings. The number of anilines is 1. The average Bonchev–Trinajstić information content (AvgIpc) is 2.37. The summed E-state index contributed by atoms with van der Waals surface area (Å²) in [6.07, 6.45) is 0. The number of benzene rings is 2. The minimum Gasteiger partial charge on any atom is -0.380 e. The van der Waals surface area contributed by atoms with Crippen LogP contribution >= 0.6 is 61.7 Å². The van der Waals surface area contributed by atoms with Gasteiger partial charge in [-0.05, 0) is 68.3 Å². The van der Waals surface area contributed by atoms with Crippen LogP contribution in [0.5, 0.6) is 0 Å². The van der Waals surface area contributed by atoms with Crippen molar-refractivity contribution in [3.8, 4) is 0 Å². The summed E-state index contributed by atoms with van der Waals surface area (Å²) in [7, 11) is 0. The number of hydrogen-bond acceptors (Lipinski definition) is 1. The van der Waals surface area contributed by atoms with E-state index < -0.39 is 0 Å². The molecular weight excluding hydrogens is 448 g/mol. The molecule has 5 heteroatoms. The lowest BCUT2D eigenvalue weighted by Crippen LogP contribution is -2.00. The molecule has 2 aromatic carbocycles. The van der Waals surface area contributed by atoms with Crippen molar-refractivity contribution in [2.75, 3.05) is 5.32 Å². The van der Waals surface area contributed by atoms with Crippen molar-refractivity contribution in [3.63, 3.8) is 0 Å². The molecule has 0 radical (unpaired) electrons. The fourth-order valence-electron chi connectivity index (χ4n) is 1.46. The van der Waals surface area contributed by atoms with E-state index in [0.717, 1.165) is 10.2 Å². The Bertz CT molecular complexity index is 558. The average molecular weight is 457 g/mol. The first kappa shape index (κ1) is 14.4. The molecule has 18 heavy (non-hydrogen) atoms. The molecule has 1 nitrogen and oxygen atoms in total. The summed E-state index contributed by atoms with van der Waals surface area (Å²) in [4.78, 5) is 0. The van der Waals surface area contributed by atoms with E-state index in [1.165, 1.54) is 9.13 Å².